The third kappa shape index (κ3) is 3.16. The molecule has 0 saturated heterocycles. The van der Waals surface area contributed by atoms with Gasteiger partial charge in [0.15, 0.2) is 5.43 Å². The van der Waals surface area contributed by atoms with Crippen LogP contribution < -0.4 is 5.43 Å². The van der Waals surface area contributed by atoms with E-state index in [-0.39, 0.29) is 5.43 Å². The zero-order valence-electron chi connectivity index (χ0n) is 13.4. The van der Waals surface area contributed by atoms with Crippen LogP contribution in [0.5, 0.6) is 0 Å². The summed E-state index contributed by atoms with van der Waals surface area (Å²) in [5, 5.41) is 0. The van der Waals surface area contributed by atoms with E-state index in [4.69, 9.17) is 4.42 Å². The topological polar surface area (TPSA) is 30.2 Å². The molecule has 1 aromatic rings. The molecule has 3 rings (SSSR count). The Balaban J connectivity index is 1.97. The Morgan fingerprint density at radius 3 is 3.00 bits per heavy atom. The van der Waals surface area contributed by atoms with Gasteiger partial charge in [0.2, 0.25) is 0 Å². The van der Waals surface area contributed by atoms with Crippen molar-refractivity contribution >= 4 is 5.57 Å². The summed E-state index contributed by atoms with van der Waals surface area (Å²) in [6.45, 7) is 6.06. The van der Waals surface area contributed by atoms with Crippen LogP contribution in [0.4, 0.5) is 0 Å². The van der Waals surface area contributed by atoms with Gasteiger partial charge in [-0.05, 0) is 51.9 Å². The molecule has 0 radical (unpaired) electrons. The predicted molar refractivity (Wildman–Crippen MR) is 91.1 cm³/mol. The summed E-state index contributed by atoms with van der Waals surface area (Å²) in [5.41, 5.74) is 3.30. The Morgan fingerprint density at radius 1 is 1.41 bits per heavy atom. The van der Waals surface area contributed by atoms with Crippen LogP contribution in [-0.4, -0.2) is 0 Å². The van der Waals surface area contributed by atoms with Gasteiger partial charge in [-0.3, -0.25) is 4.79 Å². The third-order valence-corrected chi connectivity index (χ3v) is 4.63. The van der Waals surface area contributed by atoms with Crippen LogP contribution >= 0.6 is 0 Å². The van der Waals surface area contributed by atoms with Gasteiger partial charge in [-0.2, -0.15) is 0 Å². The summed E-state index contributed by atoms with van der Waals surface area (Å²) < 4.78 is 6.22. The highest BCUT2D eigenvalue weighted by Gasteiger charge is 2.25. The van der Waals surface area contributed by atoms with Crippen LogP contribution in [0.25, 0.3) is 5.57 Å². The summed E-state index contributed by atoms with van der Waals surface area (Å²) in [5.74, 6) is 2.04. The molecule has 2 aliphatic carbocycles. The van der Waals surface area contributed by atoms with Gasteiger partial charge in [0.25, 0.3) is 0 Å². The highest BCUT2D eigenvalue weighted by molar-refractivity contribution is 5.71. The predicted octanol–water partition coefficient (Wildman–Crippen LogP) is 5.15. The lowest BCUT2D eigenvalue weighted by atomic mass is 9.84. The number of allylic oxidation sites excluding steroid dienone is 5. The van der Waals surface area contributed by atoms with Crippen molar-refractivity contribution in [3.8, 4) is 0 Å². The van der Waals surface area contributed by atoms with Crippen LogP contribution in [0.2, 0.25) is 0 Å². The fourth-order valence-electron chi connectivity index (χ4n) is 3.40. The van der Waals surface area contributed by atoms with Crippen molar-refractivity contribution in [2.24, 2.45) is 0 Å². The van der Waals surface area contributed by atoms with Crippen LogP contribution in [0, 0.1) is 0 Å². The van der Waals surface area contributed by atoms with Gasteiger partial charge >= 0.3 is 0 Å². The normalized spacial score (nSPS) is 20.4. The molecule has 22 heavy (non-hydrogen) atoms. The largest absolute Gasteiger partial charge is 0.460 e. The third-order valence-electron chi connectivity index (χ3n) is 4.63. The molecule has 1 unspecified atom stereocenters. The Hall–Kier alpha value is -1.83. The Morgan fingerprint density at radius 2 is 2.27 bits per heavy atom. The molecule has 1 aromatic heterocycles. The van der Waals surface area contributed by atoms with Crippen molar-refractivity contribution in [3.05, 3.63) is 63.8 Å². The van der Waals surface area contributed by atoms with Crippen molar-refractivity contribution in [1.29, 1.82) is 0 Å². The molecule has 0 spiro atoms. The van der Waals surface area contributed by atoms with Gasteiger partial charge in [0.05, 0.1) is 0 Å². The van der Waals surface area contributed by atoms with Crippen LogP contribution in [0.1, 0.15) is 68.5 Å². The van der Waals surface area contributed by atoms with Crippen molar-refractivity contribution in [2.75, 3.05) is 0 Å². The summed E-state index contributed by atoms with van der Waals surface area (Å²) in [6, 6.07) is 1.68. The fourth-order valence-corrected chi connectivity index (χ4v) is 3.40. The quantitative estimate of drug-likeness (QED) is 0.719. The van der Waals surface area contributed by atoms with Crippen molar-refractivity contribution < 1.29 is 4.42 Å². The van der Waals surface area contributed by atoms with E-state index >= 15 is 0 Å². The highest BCUT2D eigenvalue weighted by atomic mass is 16.3. The van der Waals surface area contributed by atoms with E-state index in [1.807, 2.05) is 0 Å². The van der Waals surface area contributed by atoms with Crippen molar-refractivity contribution in [2.45, 2.75) is 57.8 Å². The van der Waals surface area contributed by atoms with E-state index in [2.05, 4.69) is 31.7 Å². The lowest BCUT2D eigenvalue weighted by Gasteiger charge is -2.24. The molecule has 1 heterocycles. The second kappa shape index (κ2) is 6.51. The molecule has 0 saturated carbocycles. The van der Waals surface area contributed by atoms with E-state index in [0.29, 0.717) is 5.92 Å². The molecule has 0 aliphatic heterocycles. The lowest BCUT2D eigenvalue weighted by molar-refractivity contribution is 0.377. The molecule has 0 bridgehead atoms. The fraction of sp³-hybridized carbons (Fsp3) is 0.450. The summed E-state index contributed by atoms with van der Waals surface area (Å²) in [4.78, 5) is 12.5. The van der Waals surface area contributed by atoms with Crippen LogP contribution in [0.15, 0.2) is 45.7 Å². The monoisotopic (exact) mass is 296 g/mol. The Labute approximate surface area is 132 Å². The molecule has 2 heteroatoms. The molecule has 0 N–H and O–H groups in total. The van der Waals surface area contributed by atoms with Gasteiger partial charge < -0.3 is 4.42 Å². The number of hydrogen-bond acceptors (Lipinski definition) is 2. The minimum atomic E-state index is 0.149. The summed E-state index contributed by atoms with van der Waals surface area (Å²) in [6.07, 6.45) is 13.6. The second-order valence-electron chi connectivity index (χ2n) is 6.54. The minimum absolute atomic E-state index is 0.149. The first-order valence-corrected chi connectivity index (χ1v) is 8.33. The molecule has 0 aromatic carbocycles. The molecule has 0 fully saturated rings. The van der Waals surface area contributed by atoms with Gasteiger partial charge in [-0.15, -0.1) is 6.58 Å². The summed E-state index contributed by atoms with van der Waals surface area (Å²) in [7, 11) is 0. The van der Waals surface area contributed by atoms with Gasteiger partial charge in [-0.1, -0.05) is 23.8 Å². The zero-order valence-corrected chi connectivity index (χ0v) is 13.4. The number of fused-ring (bicyclic) bond motifs is 1. The molecule has 0 amide bonds. The molecule has 116 valence electrons. The van der Waals surface area contributed by atoms with E-state index in [0.717, 1.165) is 67.6 Å². The smallest absolute Gasteiger partial charge is 0.188 e. The van der Waals surface area contributed by atoms with E-state index in [9.17, 15) is 4.79 Å². The Kier molecular flexibility index (Phi) is 4.47. The average Bonchev–Trinajstić information content (AvgIpc) is 2.53. The van der Waals surface area contributed by atoms with Crippen LogP contribution in [0.3, 0.4) is 0 Å². The zero-order chi connectivity index (χ0) is 15.5. The van der Waals surface area contributed by atoms with E-state index in [1.165, 1.54) is 5.57 Å². The maximum absolute atomic E-state index is 12.5. The van der Waals surface area contributed by atoms with Gasteiger partial charge in [0, 0.05) is 23.1 Å². The van der Waals surface area contributed by atoms with E-state index < -0.39 is 0 Å². The minimum Gasteiger partial charge on any atom is -0.460 e. The lowest BCUT2D eigenvalue weighted by Crippen LogP contribution is -2.19. The van der Waals surface area contributed by atoms with Gasteiger partial charge in [-0.25, -0.2) is 0 Å². The first-order valence-electron chi connectivity index (χ1n) is 8.33. The van der Waals surface area contributed by atoms with Crippen LogP contribution in [-0.2, 0) is 6.42 Å². The molecule has 2 aliphatic rings. The maximum Gasteiger partial charge on any atom is 0.188 e. The molecule has 1 atom stereocenters. The SMILES string of the molecule is C=C(C)CCC1CCCc2c1oc(C1=CCCC=C1)cc2=O. The first-order chi connectivity index (χ1) is 10.6. The average molecular weight is 296 g/mol. The molecular formula is C20H24O2. The molecule has 2 nitrogen and oxygen atoms in total. The van der Waals surface area contributed by atoms with Gasteiger partial charge in [0.1, 0.15) is 11.5 Å². The first kappa shape index (κ1) is 15.1. The highest BCUT2D eigenvalue weighted by Crippen LogP contribution is 2.36. The number of hydrogen-bond donors (Lipinski definition) is 0. The maximum atomic E-state index is 12.5. The van der Waals surface area contributed by atoms with Crippen molar-refractivity contribution in [1.82, 2.24) is 0 Å². The summed E-state index contributed by atoms with van der Waals surface area (Å²) >= 11 is 0. The molecular weight excluding hydrogens is 272 g/mol. The second-order valence-corrected chi connectivity index (χ2v) is 6.54. The Bertz CT molecular complexity index is 688. The van der Waals surface area contributed by atoms with E-state index in [1.54, 1.807) is 6.07 Å². The van der Waals surface area contributed by atoms with Crippen molar-refractivity contribution in [3.63, 3.8) is 0 Å². The standard InChI is InChI=1S/C20H24O2/c1-14(2)11-12-16-9-6-10-17-18(21)13-19(22-20(16)17)15-7-4-3-5-8-15/h4,7-8,13,16H,1,3,5-6,9-12H2,2H3. The number of rotatable bonds is 4.